The normalized spacial score (nSPS) is 47.1. The molecule has 1 heteroatoms. The molecule has 10 heavy (non-hydrogen) atoms. The first-order chi connectivity index (χ1) is 4.81. The van der Waals surface area contributed by atoms with Gasteiger partial charge in [-0.15, -0.1) is 0 Å². The van der Waals surface area contributed by atoms with Crippen molar-refractivity contribution in [3.63, 3.8) is 0 Å². The van der Waals surface area contributed by atoms with Gasteiger partial charge in [0.05, 0.1) is 0 Å². The van der Waals surface area contributed by atoms with Gasteiger partial charge in [0, 0.05) is 5.54 Å². The van der Waals surface area contributed by atoms with E-state index in [1.165, 1.54) is 44.9 Å². The van der Waals surface area contributed by atoms with Crippen LogP contribution in [-0.2, 0) is 0 Å². The van der Waals surface area contributed by atoms with Crippen LogP contribution in [0.3, 0.4) is 0 Å². The first kappa shape index (κ1) is 6.66. The fourth-order valence-electron chi connectivity index (χ4n) is 2.77. The van der Waals surface area contributed by atoms with E-state index in [9.17, 15) is 0 Å². The van der Waals surface area contributed by atoms with Crippen LogP contribution < -0.4 is 5.73 Å². The van der Waals surface area contributed by atoms with Gasteiger partial charge < -0.3 is 5.73 Å². The number of nitrogens with two attached hydrogens (primary N) is 1. The second-order valence-corrected chi connectivity index (χ2v) is 4.07. The lowest BCUT2D eigenvalue weighted by atomic mass is 9.76. The van der Waals surface area contributed by atoms with Gasteiger partial charge >= 0.3 is 0 Å². The van der Waals surface area contributed by atoms with Crippen LogP contribution in [0.2, 0.25) is 0 Å². The van der Waals surface area contributed by atoms with Crippen LogP contribution in [0.1, 0.15) is 44.9 Å². The Morgan fingerprint density at radius 1 is 1.00 bits per heavy atom. The highest BCUT2D eigenvalue weighted by atomic mass is 14.8. The van der Waals surface area contributed by atoms with E-state index in [1.54, 1.807) is 0 Å². The summed E-state index contributed by atoms with van der Waals surface area (Å²) in [5, 5.41) is 0. The first-order valence-electron chi connectivity index (χ1n) is 4.60. The molecule has 0 saturated heterocycles. The van der Waals surface area contributed by atoms with Crippen molar-refractivity contribution in [2.75, 3.05) is 0 Å². The highest BCUT2D eigenvalue weighted by molar-refractivity contribution is 4.98. The molecule has 0 radical (unpaired) electrons. The van der Waals surface area contributed by atoms with Crippen molar-refractivity contribution < 1.29 is 0 Å². The maximum absolute atomic E-state index is 6.26. The molecule has 0 aromatic carbocycles. The third kappa shape index (κ3) is 0.878. The second-order valence-electron chi connectivity index (χ2n) is 4.07. The van der Waals surface area contributed by atoms with E-state index in [4.69, 9.17) is 5.73 Å². The van der Waals surface area contributed by atoms with E-state index in [-0.39, 0.29) is 5.54 Å². The standard InChI is InChI=1S/C9H17N/c10-9-6-2-1-4-8(9)5-3-7-9/h8H,1-7,10H2/t8-,9-/m1/s1. The predicted molar refractivity (Wildman–Crippen MR) is 42.7 cm³/mol. The maximum Gasteiger partial charge on any atom is 0.0182 e. The molecule has 0 aromatic heterocycles. The fraction of sp³-hybridized carbons (Fsp3) is 1.00. The van der Waals surface area contributed by atoms with Crippen molar-refractivity contribution in [2.24, 2.45) is 11.7 Å². The zero-order valence-corrected chi connectivity index (χ0v) is 6.60. The van der Waals surface area contributed by atoms with Gasteiger partial charge in [0.25, 0.3) is 0 Å². The molecule has 0 heterocycles. The molecule has 0 amide bonds. The Bertz CT molecular complexity index is 133. The van der Waals surface area contributed by atoms with E-state index in [0.29, 0.717) is 0 Å². The molecule has 2 N–H and O–H groups in total. The van der Waals surface area contributed by atoms with E-state index >= 15 is 0 Å². The number of rotatable bonds is 0. The fourth-order valence-corrected chi connectivity index (χ4v) is 2.77. The van der Waals surface area contributed by atoms with Gasteiger partial charge in [-0.2, -0.15) is 0 Å². The van der Waals surface area contributed by atoms with Gasteiger partial charge in [-0.3, -0.25) is 0 Å². The van der Waals surface area contributed by atoms with E-state index in [2.05, 4.69) is 0 Å². The smallest absolute Gasteiger partial charge is 0.0182 e. The molecule has 0 aromatic rings. The number of hydrogen-bond donors (Lipinski definition) is 1. The molecule has 2 rings (SSSR count). The Morgan fingerprint density at radius 3 is 2.50 bits per heavy atom. The van der Waals surface area contributed by atoms with Crippen LogP contribution in [0.15, 0.2) is 0 Å². The third-order valence-corrected chi connectivity index (χ3v) is 3.45. The van der Waals surface area contributed by atoms with Gasteiger partial charge in [0.2, 0.25) is 0 Å². The zero-order chi connectivity index (χ0) is 7.03. The molecule has 0 spiro atoms. The number of fused-ring (bicyclic) bond motifs is 1. The quantitative estimate of drug-likeness (QED) is 0.546. The zero-order valence-electron chi connectivity index (χ0n) is 6.60. The lowest BCUT2D eigenvalue weighted by Gasteiger charge is -2.35. The molecule has 2 saturated carbocycles. The van der Waals surface area contributed by atoms with Crippen LogP contribution >= 0.6 is 0 Å². The minimum atomic E-state index is 0.290. The Kier molecular flexibility index (Phi) is 1.48. The van der Waals surface area contributed by atoms with Crippen LogP contribution in [-0.4, -0.2) is 5.54 Å². The van der Waals surface area contributed by atoms with Crippen LogP contribution in [0.5, 0.6) is 0 Å². The molecule has 0 aliphatic heterocycles. The molecule has 0 unspecified atom stereocenters. The molecule has 0 bridgehead atoms. The largest absolute Gasteiger partial charge is 0.325 e. The Balaban J connectivity index is 2.10. The van der Waals surface area contributed by atoms with Gasteiger partial charge in [-0.25, -0.2) is 0 Å². The molecule has 58 valence electrons. The third-order valence-electron chi connectivity index (χ3n) is 3.45. The van der Waals surface area contributed by atoms with Crippen molar-refractivity contribution in [1.82, 2.24) is 0 Å². The SMILES string of the molecule is N[C@@]12CCCC[C@@H]1CCC2. The summed E-state index contributed by atoms with van der Waals surface area (Å²) in [5.74, 6) is 0.890. The molecule has 2 aliphatic carbocycles. The van der Waals surface area contributed by atoms with Crippen LogP contribution in [0, 0.1) is 5.92 Å². The van der Waals surface area contributed by atoms with Crippen molar-refractivity contribution in [2.45, 2.75) is 50.5 Å². The Hall–Kier alpha value is -0.0400. The lowest BCUT2D eigenvalue weighted by molar-refractivity contribution is 0.226. The molecule has 2 fully saturated rings. The molecule has 2 aliphatic rings. The number of hydrogen-bond acceptors (Lipinski definition) is 1. The van der Waals surface area contributed by atoms with Gasteiger partial charge in [0.15, 0.2) is 0 Å². The molecular weight excluding hydrogens is 122 g/mol. The minimum Gasteiger partial charge on any atom is -0.325 e. The summed E-state index contributed by atoms with van der Waals surface area (Å²) < 4.78 is 0. The van der Waals surface area contributed by atoms with Gasteiger partial charge in [-0.1, -0.05) is 19.3 Å². The highest BCUT2D eigenvalue weighted by Crippen LogP contribution is 2.43. The minimum absolute atomic E-state index is 0.290. The van der Waals surface area contributed by atoms with Crippen molar-refractivity contribution in [3.8, 4) is 0 Å². The summed E-state index contributed by atoms with van der Waals surface area (Å²) in [5.41, 5.74) is 6.55. The van der Waals surface area contributed by atoms with E-state index in [1.807, 2.05) is 0 Å². The van der Waals surface area contributed by atoms with E-state index < -0.39 is 0 Å². The summed E-state index contributed by atoms with van der Waals surface area (Å²) >= 11 is 0. The van der Waals surface area contributed by atoms with Crippen molar-refractivity contribution in [3.05, 3.63) is 0 Å². The van der Waals surface area contributed by atoms with Crippen molar-refractivity contribution in [1.29, 1.82) is 0 Å². The Labute approximate surface area is 63.0 Å². The summed E-state index contributed by atoms with van der Waals surface area (Å²) in [6.07, 6.45) is 9.64. The van der Waals surface area contributed by atoms with Gasteiger partial charge in [-0.05, 0) is 31.6 Å². The predicted octanol–water partition coefficient (Wildman–Crippen LogP) is 2.06. The average molecular weight is 139 g/mol. The lowest BCUT2D eigenvalue weighted by Crippen LogP contribution is -2.45. The summed E-state index contributed by atoms with van der Waals surface area (Å²) in [6.45, 7) is 0. The second kappa shape index (κ2) is 2.23. The monoisotopic (exact) mass is 139 g/mol. The van der Waals surface area contributed by atoms with Crippen LogP contribution in [0.4, 0.5) is 0 Å². The average Bonchev–Trinajstić information content (AvgIpc) is 2.29. The van der Waals surface area contributed by atoms with Crippen molar-refractivity contribution >= 4 is 0 Å². The highest BCUT2D eigenvalue weighted by Gasteiger charge is 2.40. The molecule has 1 nitrogen and oxygen atoms in total. The summed E-state index contributed by atoms with van der Waals surface area (Å²) in [4.78, 5) is 0. The van der Waals surface area contributed by atoms with Crippen LogP contribution in [0.25, 0.3) is 0 Å². The molecule has 2 atom stereocenters. The Morgan fingerprint density at radius 2 is 1.70 bits per heavy atom. The topological polar surface area (TPSA) is 26.0 Å². The van der Waals surface area contributed by atoms with Gasteiger partial charge in [0.1, 0.15) is 0 Å². The summed E-state index contributed by atoms with van der Waals surface area (Å²) in [7, 11) is 0. The summed E-state index contributed by atoms with van der Waals surface area (Å²) in [6, 6.07) is 0. The first-order valence-corrected chi connectivity index (χ1v) is 4.60. The molecular formula is C9H17N. The maximum atomic E-state index is 6.26. The van der Waals surface area contributed by atoms with E-state index in [0.717, 1.165) is 5.92 Å².